The van der Waals surface area contributed by atoms with Gasteiger partial charge in [-0.05, 0) is 70.4 Å². The summed E-state index contributed by atoms with van der Waals surface area (Å²) in [5, 5.41) is 13.5. The minimum absolute atomic E-state index is 0.591. The molecule has 10 rings (SSSR count). The Kier molecular flexibility index (Phi) is 8.05. The highest BCUT2D eigenvalue weighted by Gasteiger charge is 2.18. The summed E-state index contributed by atoms with van der Waals surface area (Å²) in [4.78, 5) is 29.4. The van der Waals surface area contributed by atoms with Crippen molar-refractivity contribution in [3.05, 3.63) is 182 Å². The molecule has 4 heterocycles. The first-order valence-electron chi connectivity index (χ1n) is 18.2. The van der Waals surface area contributed by atoms with Crippen molar-refractivity contribution < 1.29 is 0 Å². The second-order valence-corrected chi connectivity index (χ2v) is 13.5. The van der Waals surface area contributed by atoms with Crippen LogP contribution in [0, 0.1) is 11.3 Å². The Morgan fingerprint density at radius 3 is 1.46 bits per heavy atom. The van der Waals surface area contributed by atoms with E-state index in [4.69, 9.17) is 24.9 Å². The Morgan fingerprint density at radius 2 is 0.875 bits per heavy atom. The zero-order valence-electron chi connectivity index (χ0n) is 29.9. The molecule has 7 heteroatoms. The Bertz CT molecular complexity index is 3080. The van der Waals surface area contributed by atoms with Crippen LogP contribution in [0.5, 0.6) is 0 Å². The van der Waals surface area contributed by atoms with Crippen molar-refractivity contribution in [3.8, 4) is 73.6 Å². The molecule has 0 radical (unpaired) electrons. The van der Waals surface area contributed by atoms with Gasteiger partial charge in [0.05, 0.1) is 22.7 Å². The van der Waals surface area contributed by atoms with Crippen LogP contribution >= 0.6 is 0 Å². The molecular weight excluding hydrogens is 687 g/mol. The van der Waals surface area contributed by atoms with E-state index in [0.717, 1.165) is 82.6 Å². The molecule has 4 aromatic heterocycles. The average Bonchev–Trinajstić information content (AvgIpc) is 3.29. The third-order valence-electron chi connectivity index (χ3n) is 10.1. The number of benzene rings is 6. The first kappa shape index (κ1) is 32.7. The van der Waals surface area contributed by atoms with E-state index in [1.54, 1.807) is 0 Å². The Balaban J connectivity index is 1.14. The van der Waals surface area contributed by atoms with Crippen LogP contribution in [0.2, 0.25) is 0 Å². The van der Waals surface area contributed by atoms with Crippen LogP contribution in [0.15, 0.2) is 176 Å². The third-order valence-corrected chi connectivity index (χ3v) is 10.1. The van der Waals surface area contributed by atoms with E-state index in [0.29, 0.717) is 23.0 Å². The van der Waals surface area contributed by atoms with Crippen molar-refractivity contribution in [3.63, 3.8) is 0 Å². The number of rotatable bonds is 6. The lowest BCUT2D eigenvalue weighted by Gasteiger charge is -2.15. The minimum atomic E-state index is 0.591. The van der Waals surface area contributed by atoms with Crippen LogP contribution in [-0.4, -0.2) is 29.9 Å². The fourth-order valence-electron chi connectivity index (χ4n) is 7.39. The Labute approximate surface area is 322 Å². The van der Waals surface area contributed by atoms with Crippen molar-refractivity contribution in [2.45, 2.75) is 0 Å². The van der Waals surface area contributed by atoms with E-state index in [1.807, 2.05) is 128 Å². The van der Waals surface area contributed by atoms with Gasteiger partial charge in [0, 0.05) is 74.5 Å². The standard InChI is InChI=1S/C49H29N7/c50-28-31-18-20-32(21-19-31)37-25-38(30-51-29-37)42-27-44-39-16-8-22-52-45(39)41(26-43(44)40-17-9-23-53-46(40)42)35-14-7-15-36(24-35)49-55-47(33-10-3-1-4-11-33)54-48(56-49)34-12-5-2-6-13-34/h1-27,29-30H. The lowest BCUT2D eigenvalue weighted by Crippen LogP contribution is -2.00. The first-order chi connectivity index (χ1) is 27.7. The van der Waals surface area contributed by atoms with Gasteiger partial charge in [0.1, 0.15) is 0 Å². The predicted octanol–water partition coefficient (Wildman–Crippen LogP) is 11.4. The van der Waals surface area contributed by atoms with Crippen LogP contribution in [-0.2, 0) is 0 Å². The van der Waals surface area contributed by atoms with E-state index in [1.165, 1.54) is 0 Å². The fraction of sp³-hybridized carbons (Fsp3) is 0. The van der Waals surface area contributed by atoms with E-state index >= 15 is 0 Å². The molecule has 56 heavy (non-hydrogen) atoms. The van der Waals surface area contributed by atoms with Gasteiger partial charge in [-0.3, -0.25) is 15.0 Å². The molecule has 0 saturated carbocycles. The summed E-state index contributed by atoms with van der Waals surface area (Å²) in [6, 6.07) is 53.0. The van der Waals surface area contributed by atoms with Gasteiger partial charge in [-0.25, -0.2) is 15.0 Å². The number of nitrogens with zero attached hydrogens (tertiary/aromatic N) is 7. The van der Waals surface area contributed by atoms with Gasteiger partial charge in [-0.15, -0.1) is 0 Å². The molecule has 0 amide bonds. The molecule has 0 saturated heterocycles. The summed E-state index contributed by atoms with van der Waals surface area (Å²) in [6.07, 6.45) is 7.42. The largest absolute Gasteiger partial charge is 0.263 e. The molecule has 0 fully saturated rings. The molecule has 0 spiro atoms. The summed E-state index contributed by atoms with van der Waals surface area (Å²) in [5.41, 5.74) is 11.0. The molecule has 7 nitrogen and oxygen atoms in total. The lowest BCUT2D eigenvalue weighted by atomic mass is 9.90. The fourth-order valence-corrected chi connectivity index (χ4v) is 7.39. The van der Waals surface area contributed by atoms with Gasteiger partial charge in [-0.1, -0.05) is 103 Å². The van der Waals surface area contributed by atoms with E-state index in [2.05, 4.69) is 59.6 Å². The maximum absolute atomic E-state index is 9.30. The molecular formula is C49H29N7. The highest BCUT2D eigenvalue weighted by atomic mass is 15.0. The smallest absolute Gasteiger partial charge is 0.164 e. The SMILES string of the molecule is N#Cc1ccc(-c2cncc(-c3cc4c5cccnc5c(-c5cccc(-c6nc(-c7ccccc7)nc(-c7ccccc7)n6)c5)cc4c4cccnc34)c2)cc1. The second-order valence-electron chi connectivity index (χ2n) is 13.5. The number of nitriles is 1. The van der Waals surface area contributed by atoms with Gasteiger partial charge < -0.3 is 0 Å². The maximum Gasteiger partial charge on any atom is 0.164 e. The minimum Gasteiger partial charge on any atom is -0.263 e. The summed E-state index contributed by atoms with van der Waals surface area (Å²) in [7, 11) is 0. The first-order valence-corrected chi connectivity index (χ1v) is 18.2. The monoisotopic (exact) mass is 715 g/mol. The van der Waals surface area contributed by atoms with Gasteiger partial charge >= 0.3 is 0 Å². The molecule has 10 aromatic rings. The van der Waals surface area contributed by atoms with Gasteiger partial charge in [0.2, 0.25) is 0 Å². The second kappa shape index (κ2) is 13.8. The Hall–Kier alpha value is -7.95. The Morgan fingerprint density at radius 1 is 0.375 bits per heavy atom. The van der Waals surface area contributed by atoms with E-state index in [-0.39, 0.29) is 0 Å². The molecule has 0 aliphatic carbocycles. The highest BCUT2D eigenvalue weighted by Crippen LogP contribution is 2.41. The normalized spacial score (nSPS) is 11.2. The van der Waals surface area contributed by atoms with Gasteiger partial charge in [0.25, 0.3) is 0 Å². The summed E-state index contributed by atoms with van der Waals surface area (Å²) < 4.78 is 0. The highest BCUT2D eigenvalue weighted by molar-refractivity contribution is 6.22. The van der Waals surface area contributed by atoms with E-state index in [9.17, 15) is 5.26 Å². The third kappa shape index (κ3) is 5.88. The summed E-state index contributed by atoms with van der Waals surface area (Å²) >= 11 is 0. The van der Waals surface area contributed by atoms with Crippen LogP contribution < -0.4 is 0 Å². The molecule has 6 aromatic carbocycles. The lowest BCUT2D eigenvalue weighted by molar-refractivity contribution is 1.07. The molecule has 260 valence electrons. The van der Waals surface area contributed by atoms with Crippen molar-refractivity contribution in [2.75, 3.05) is 0 Å². The molecule has 0 N–H and O–H groups in total. The van der Waals surface area contributed by atoms with Crippen LogP contribution in [0.25, 0.3) is 100 Å². The zero-order valence-corrected chi connectivity index (χ0v) is 29.9. The van der Waals surface area contributed by atoms with Crippen molar-refractivity contribution in [2.24, 2.45) is 0 Å². The molecule has 0 unspecified atom stereocenters. The van der Waals surface area contributed by atoms with Crippen LogP contribution in [0.3, 0.4) is 0 Å². The maximum atomic E-state index is 9.30. The predicted molar refractivity (Wildman–Crippen MR) is 223 cm³/mol. The average molecular weight is 716 g/mol. The quantitative estimate of drug-likeness (QED) is 0.158. The van der Waals surface area contributed by atoms with Gasteiger partial charge in [0.15, 0.2) is 17.5 Å². The number of pyridine rings is 3. The van der Waals surface area contributed by atoms with Gasteiger partial charge in [-0.2, -0.15) is 5.26 Å². The van der Waals surface area contributed by atoms with Crippen molar-refractivity contribution >= 4 is 32.6 Å². The molecule has 0 bridgehead atoms. The number of fused-ring (bicyclic) bond motifs is 5. The summed E-state index contributed by atoms with van der Waals surface area (Å²) in [6.45, 7) is 0. The topological polar surface area (TPSA) is 101 Å². The van der Waals surface area contributed by atoms with E-state index < -0.39 is 0 Å². The van der Waals surface area contributed by atoms with Crippen LogP contribution in [0.1, 0.15) is 5.56 Å². The molecule has 0 aliphatic rings. The molecule has 0 atom stereocenters. The number of hydrogen-bond acceptors (Lipinski definition) is 7. The zero-order chi connectivity index (χ0) is 37.4. The summed E-state index contributed by atoms with van der Waals surface area (Å²) in [5.74, 6) is 1.82. The number of aromatic nitrogens is 6. The van der Waals surface area contributed by atoms with Crippen molar-refractivity contribution in [1.29, 1.82) is 5.26 Å². The van der Waals surface area contributed by atoms with Crippen molar-refractivity contribution in [1.82, 2.24) is 29.9 Å². The number of hydrogen-bond donors (Lipinski definition) is 0. The molecule has 0 aliphatic heterocycles. The van der Waals surface area contributed by atoms with Crippen LogP contribution in [0.4, 0.5) is 0 Å².